The van der Waals surface area contributed by atoms with Gasteiger partial charge in [-0.2, -0.15) is 0 Å². The molecule has 116 valence electrons. The lowest BCUT2D eigenvalue weighted by Crippen LogP contribution is -2.51. The SMILES string of the molecule is CCC(C)N1CCN(C(=O)Cn2cc(C(=O)O)nn2)CC1. The van der Waals surface area contributed by atoms with Crippen molar-refractivity contribution in [2.45, 2.75) is 32.9 Å². The van der Waals surface area contributed by atoms with E-state index in [2.05, 4.69) is 29.1 Å². The molecule has 1 N–H and O–H groups in total. The summed E-state index contributed by atoms with van der Waals surface area (Å²) in [5.74, 6) is -1.20. The fourth-order valence-corrected chi connectivity index (χ4v) is 2.38. The van der Waals surface area contributed by atoms with Crippen molar-refractivity contribution in [2.24, 2.45) is 0 Å². The predicted octanol–water partition coefficient (Wildman–Crippen LogP) is -0.0810. The Morgan fingerprint density at radius 3 is 2.52 bits per heavy atom. The summed E-state index contributed by atoms with van der Waals surface area (Å²) in [6.07, 6.45) is 2.38. The average Bonchev–Trinajstić information content (AvgIpc) is 2.95. The standard InChI is InChI=1S/C13H21N5O3/c1-3-10(2)16-4-6-17(7-5-16)12(19)9-18-8-11(13(20)21)14-15-18/h8,10H,3-7,9H2,1-2H3,(H,20,21). The second-order valence-electron chi connectivity index (χ2n) is 5.28. The van der Waals surface area contributed by atoms with Crippen LogP contribution in [0.4, 0.5) is 0 Å². The van der Waals surface area contributed by atoms with E-state index in [1.165, 1.54) is 10.9 Å². The summed E-state index contributed by atoms with van der Waals surface area (Å²) in [5, 5.41) is 15.9. The van der Waals surface area contributed by atoms with Crippen LogP contribution in [0.25, 0.3) is 0 Å². The van der Waals surface area contributed by atoms with Crippen LogP contribution in [0.3, 0.4) is 0 Å². The first-order valence-corrected chi connectivity index (χ1v) is 7.16. The van der Waals surface area contributed by atoms with E-state index in [0.29, 0.717) is 19.1 Å². The molecule has 0 bridgehead atoms. The fraction of sp³-hybridized carbons (Fsp3) is 0.692. The molecule has 1 aliphatic heterocycles. The summed E-state index contributed by atoms with van der Waals surface area (Å²) in [4.78, 5) is 27.0. The average molecular weight is 295 g/mol. The predicted molar refractivity (Wildman–Crippen MR) is 74.9 cm³/mol. The third kappa shape index (κ3) is 3.78. The van der Waals surface area contributed by atoms with Crippen LogP contribution in [0.2, 0.25) is 0 Å². The van der Waals surface area contributed by atoms with E-state index in [4.69, 9.17) is 5.11 Å². The summed E-state index contributed by atoms with van der Waals surface area (Å²) in [6.45, 7) is 7.53. The highest BCUT2D eigenvalue weighted by Gasteiger charge is 2.23. The van der Waals surface area contributed by atoms with Crippen LogP contribution in [0.5, 0.6) is 0 Å². The quantitative estimate of drug-likeness (QED) is 0.817. The minimum absolute atomic E-state index is 0.0314. The topological polar surface area (TPSA) is 91.6 Å². The van der Waals surface area contributed by atoms with E-state index in [0.717, 1.165) is 19.5 Å². The van der Waals surface area contributed by atoms with E-state index < -0.39 is 5.97 Å². The van der Waals surface area contributed by atoms with Crippen LogP contribution in [0.1, 0.15) is 30.8 Å². The van der Waals surface area contributed by atoms with Crippen molar-refractivity contribution in [2.75, 3.05) is 26.2 Å². The number of carbonyl (C=O) groups is 2. The van der Waals surface area contributed by atoms with Gasteiger partial charge in [0.25, 0.3) is 0 Å². The number of nitrogens with zero attached hydrogens (tertiary/aromatic N) is 5. The van der Waals surface area contributed by atoms with Crippen molar-refractivity contribution in [3.8, 4) is 0 Å². The zero-order valence-corrected chi connectivity index (χ0v) is 12.4. The Bertz CT molecular complexity index is 508. The van der Waals surface area contributed by atoms with Crippen LogP contribution in [0, 0.1) is 0 Å². The molecule has 0 spiro atoms. The summed E-state index contributed by atoms with van der Waals surface area (Å²) < 4.78 is 1.27. The molecule has 0 aromatic carbocycles. The number of carbonyl (C=O) groups excluding carboxylic acids is 1. The van der Waals surface area contributed by atoms with Gasteiger partial charge < -0.3 is 10.0 Å². The molecule has 1 saturated heterocycles. The highest BCUT2D eigenvalue weighted by Crippen LogP contribution is 2.09. The minimum atomic E-state index is -1.14. The molecular weight excluding hydrogens is 274 g/mol. The highest BCUT2D eigenvalue weighted by molar-refractivity contribution is 5.84. The first-order valence-electron chi connectivity index (χ1n) is 7.16. The lowest BCUT2D eigenvalue weighted by atomic mass is 10.2. The summed E-state index contributed by atoms with van der Waals surface area (Å²) in [7, 11) is 0. The molecule has 8 nitrogen and oxygen atoms in total. The number of amides is 1. The van der Waals surface area contributed by atoms with Crippen LogP contribution in [-0.2, 0) is 11.3 Å². The molecule has 2 rings (SSSR count). The largest absolute Gasteiger partial charge is 0.476 e. The summed E-state index contributed by atoms with van der Waals surface area (Å²) in [5.41, 5.74) is -0.149. The van der Waals surface area contributed by atoms with Crippen molar-refractivity contribution in [1.82, 2.24) is 24.8 Å². The molecule has 0 radical (unpaired) electrons. The Morgan fingerprint density at radius 1 is 1.33 bits per heavy atom. The van der Waals surface area contributed by atoms with Crippen LogP contribution in [-0.4, -0.2) is 74.0 Å². The van der Waals surface area contributed by atoms with E-state index in [-0.39, 0.29) is 18.1 Å². The second-order valence-corrected chi connectivity index (χ2v) is 5.28. The second kappa shape index (κ2) is 6.66. The third-order valence-electron chi connectivity index (χ3n) is 3.94. The Hall–Kier alpha value is -1.96. The van der Waals surface area contributed by atoms with Crippen molar-refractivity contribution in [3.05, 3.63) is 11.9 Å². The zero-order chi connectivity index (χ0) is 15.4. The van der Waals surface area contributed by atoms with Gasteiger partial charge in [0.2, 0.25) is 5.91 Å². The van der Waals surface area contributed by atoms with Gasteiger partial charge in [-0.1, -0.05) is 12.1 Å². The number of carboxylic acid groups (broad SMARTS) is 1. The Labute approximate surface area is 123 Å². The first kappa shape index (κ1) is 15.4. The van der Waals surface area contributed by atoms with Crippen molar-refractivity contribution in [3.63, 3.8) is 0 Å². The van der Waals surface area contributed by atoms with Crippen molar-refractivity contribution < 1.29 is 14.7 Å². The number of hydrogen-bond acceptors (Lipinski definition) is 5. The van der Waals surface area contributed by atoms with Gasteiger partial charge in [0.15, 0.2) is 5.69 Å². The van der Waals surface area contributed by atoms with Gasteiger partial charge in [-0.15, -0.1) is 5.10 Å². The number of carboxylic acids is 1. The molecule has 1 fully saturated rings. The molecule has 1 atom stereocenters. The van der Waals surface area contributed by atoms with Gasteiger partial charge >= 0.3 is 5.97 Å². The molecular formula is C13H21N5O3. The van der Waals surface area contributed by atoms with E-state index in [9.17, 15) is 9.59 Å². The van der Waals surface area contributed by atoms with Gasteiger partial charge in [-0.3, -0.25) is 9.69 Å². The molecule has 1 aromatic heterocycles. The maximum Gasteiger partial charge on any atom is 0.358 e. The molecule has 1 amide bonds. The number of aromatic nitrogens is 3. The fourth-order valence-electron chi connectivity index (χ4n) is 2.38. The maximum absolute atomic E-state index is 12.2. The number of rotatable bonds is 5. The van der Waals surface area contributed by atoms with E-state index in [1.54, 1.807) is 4.90 Å². The third-order valence-corrected chi connectivity index (χ3v) is 3.94. The first-order chi connectivity index (χ1) is 10.0. The van der Waals surface area contributed by atoms with Crippen molar-refractivity contribution >= 4 is 11.9 Å². The normalized spacial score (nSPS) is 17.7. The molecule has 1 aliphatic rings. The lowest BCUT2D eigenvalue weighted by molar-refractivity contribution is -0.134. The summed E-state index contributed by atoms with van der Waals surface area (Å²) in [6, 6.07) is 0.538. The molecule has 1 unspecified atom stereocenters. The monoisotopic (exact) mass is 295 g/mol. The van der Waals surface area contributed by atoms with Gasteiger partial charge in [-0.25, -0.2) is 9.48 Å². The Balaban J connectivity index is 1.85. The molecule has 21 heavy (non-hydrogen) atoms. The molecule has 8 heteroatoms. The van der Waals surface area contributed by atoms with Gasteiger partial charge in [-0.05, 0) is 13.3 Å². The molecule has 0 aliphatic carbocycles. The van der Waals surface area contributed by atoms with E-state index >= 15 is 0 Å². The number of piperazine rings is 1. The smallest absolute Gasteiger partial charge is 0.358 e. The molecule has 2 heterocycles. The molecule has 1 aromatic rings. The Kier molecular flexibility index (Phi) is 4.89. The van der Waals surface area contributed by atoms with Crippen LogP contribution >= 0.6 is 0 Å². The van der Waals surface area contributed by atoms with Crippen molar-refractivity contribution in [1.29, 1.82) is 0 Å². The number of hydrogen-bond donors (Lipinski definition) is 1. The Morgan fingerprint density at radius 2 is 2.00 bits per heavy atom. The molecule has 0 saturated carbocycles. The zero-order valence-electron chi connectivity index (χ0n) is 12.4. The van der Waals surface area contributed by atoms with Gasteiger partial charge in [0, 0.05) is 32.2 Å². The van der Waals surface area contributed by atoms with Gasteiger partial charge in [0.1, 0.15) is 6.54 Å². The van der Waals surface area contributed by atoms with E-state index in [1.807, 2.05) is 0 Å². The van der Waals surface area contributed by atoms with Crippen LogP contribution < -0.4 is 0 Å². The number of aromatic carboxylic acids is 1. The maximum atomic E-state index is 12.2. The lowest BCUT2D eigenvalue weighted by Gasteiger charge is -2.37. The van der Waals surface area contributed by atoms with Crippen LogP contribution in [0.15, 0.2) is 6.20 Å². The van der Waals surface area contributed by atoms with Gasteiger partial charge in [0.05, 0.1) is 6.20 Å². The highest BCUT2D eigenvalue weighted by atomic mass is 16.4. The summed E-state index contributed by atoms with van der Waals surface area (Å²) >= 11 is 0. The minimum Gasteiger partial charge on any atom is -0.476 e.